The first-order chi connectivity index (χ1) is 12.6. The van der Waals surface area contributed by atoms with Crippen LogP contribution in [0, 0.1) is 0 Å². The number of hydrogen-bond donors (Lipinski definition) is 1. The van der Waals surface area contributed by atoms with E-state index in [1.165, 1.54) is 0 Å². The van der Waals surface area contributed by atoms with Gasteiger partial charge in [-0.3, -0.25) is 9.59 Å². The number of rotatable bonds is 9. The third kappa shape index (κ3) is 6.12. The molecular weight excluding hydrogens is 334 g/mol. The molecule has 6 heteroatoms. The average molecular weight is 357 g/mol. The van der Waals surface area contributed by atoms with Gasteiger partial charge in [-0.2, -0.15) is 0 Å². The van der Waals surface area contributed by atoms with Crippen LogP contribution in [0.25, 0.3) is 0 Å². The van der Waals surface area contributed by atoms with E-state index < -0.39 is 6.04 Å². The Hall–Kier alpha value is -3.02. The molecule has 1 N–H and O–H groups in total. The van der Waals surface area contributed by atoms with Crippen LogP contribution < -0.4 is 14.8 Å². The minimum atomic E-state index is -0.508. The van der Waals surface area contributed by atoms with Gasteiger partial charge in [0.1, 0.15) is 11.5 Å². The summed E-state index contributed by atoms with van der Waals surface area (Å²) in [5.74, 6) is 0.605. The zero-order valence-electron chi connectivity index (χ0n) is 14.9. The fourth-order valence-electron chi connectivity index (χ4n) is 2.38. The normalized spacial score (nSPS) is 11.3. The number of ether oxygens (including phenoxy) is 3. The molecule has 26 heavy (non-hydrogen) atoms. The van der Waals surface area contributed by atoms with Crippen molar-refractivity contribution in [1.82, 2.24) is 5.32 Å². The first-order valence-corrected chi connectivity index (χ1v) is 8.39. The van der Waals surface area contributed by atoms with Crippen molar-refractivity contribution in [2.24, 2.45) is 0 Å². The molecule has 2 aromatic rings. The zero-order chi connectivity index (χ0) is 18.8. The van der Waals surface area contributed by atoms with E-state index in [1.807, 2.05) is 18.2 Å². The number of hydrogen-bond acceptors (Lipinski definition) is 5. The Labute approximate surface area is 153 Å². The summed E-state index contributed by atoms with van der Waals surface area (Å²) >= 11 is 0. The van der Waals surface area contributed by atoms with Gasteiger partial charge in [0.15, 0.2) is 6.61 Å². The Morgan fingerprint density at radius 2 is 1.69 bits per heavy atom. The third-order valence-corrected chi connectivity index (χ3v) is 3.64. The molecule has 0 aliphatic heterocycles. The summed E-state index contributed by atoms with van der Waals surface area (Å²) in [5, 5.41) is 2.82. The number of esters is 1. The predicted molar refractivity (Wildman–Crippen MR) is 97.1 cm³/mol. The second-order valence-corrected chi connectivity index (χ2v) is 5.50. The van der Waals surface area contributed by atoms with Gasteiger partial charge in [-0.25, -0.2) is 0 Å². The van der Waals surface area contributed by atoms with Gasteiger partial charge in [0, 0.05) is 0 Å². The standard InChI is InChI=1S/C20H23NO5/c1-3-25-20(23)13-18(15-9-11-16(24-2)12-10-15)21-19(22)14-26-17-7-5-4-6-8-17/h4-12,18H,3,13-14H2,1-2H3,(H,21,22)/t18-/m1/s1. The van der Waals surface area contributed by atoms with E-state index in [2.05, 4.69) is 5.32 Å². The molecule has 0 unspecified atom stereocenters. The van der Waals surface area contributed by atoms with Gasteiger partial charge < -0.3 is 19.5 Å². The van der Waals surface area contributed by atoms with E-state index in [1.54, 1.807) is 50.4 Å². The number of methoxy groups -OCH3 is 1. The van der Waals surface area contributed by atoms with Crippen molar-refractivity contribution < 1.29 is 23.8 Å². The second kappa shape index (κ2) is 10.1. The summed E-state index contributed by atoms with van der Waals surface area (Å²) < 4.78 is 15.6. The fraction of sp³-hybridized carbons (Fsp3) is 0.300. The SMILES string of the molecule is CCOC(=O)C[C@@H](NC(=O)COc1ccccc1)c1ccc(OC)cc1. The molecule has 1 atom stereocenters. The van der Waals surface area contributed by atoms with Gasteiger partial charge in [0.05, 0.1) is 26.2 Å². The maximum atomic E-state index is 12.2. The quantitative estimate of drug-likeness (QED) is 0.699. The number of nitrogens with one attached hydrogen (secondary N) is 1. The molecule has 0 fully saturated rings. The first-order valence-electron chi connectivity index (χ1n) is 8.39. The maximum Gasteiger partial charge on any atom is 0.308 e. The largest absolute Gasteiger partial charge is 0.497 e. The van der Waals surface area contributed by atoms with Crippen molar-refractivity contribution in [2.75, 3.05) is 20.3 Å². The van der Waals surface area contributed by atoms with Crippen LogP contribution >= 0.6 is 0 Å². The predicted octanol–water partition coefficient (Wildman–Crippen LogP) is 2.88. The van der Waals surface area contributed by atoms with Crippen molar-refractivity contribution in [2.45, 2.75) is 19.4 Å². The lowest BCUT2D eigenvalue weighted by Gasteiger charge is -2.19. The van der Waals surface area contributed by atoms with E-state index in [0.29, 0.717) is 18.1 Å². The van der Waals surface area contributed by atoms with Crippen molar-refractivity contribution >= 4 is 11.9 Å². The number of amides is 1. The third-order valence-electron chi connectivity index (χ3n) is 3.64. The first kappa shape index (κ1) is 19.3. The molecule has 0 spiro atoms. The number of carbonyl (C=O) groups is 2. The highest BCUT2D eigenvalue weighted by atomic mass is 16.5. The van der Waals surface area contributed by atoms with E-state index in [-0.39, 0.29) is 24.9 Å². The molecule has 0 saturated heterocycles. The van der Waals surface area contributed by atoms with Crippen molar-refractivity contribution in [3.05, 3.63) is 60.2 Å². The molecule has 0 bridgehead atoms. The van der Waals surface area contributed by atoms with Crippen LogP contribution in [0.1, 0.15) is 24.9 Å². The van der Waals surface area contributed by atoms with Crippen LogP contribution in [0.2, 0.25) is 0 Å². The molecule has 2 rings (SSSR count). The number of carbonyl (C=O) groups excluding carboxylic acids is 2. The molecule has 0 heterocycles. The molecule has 0 aromatic heterocycles. The topological polar surface area (TPSA) is 73.9 Å². The molecule has 0 saturated carbocycles. The van der Waals surface area contributed by atoms with Crippen LogP contribution in [-0.2, 0) is 14.3 Å². The minimum Gasteiger partial charge on any atom is -0.497 e. The van der Waals surface area contributed by atoms with E-state index in [0.717, 1.165) is 5.56 Å². The number of benzene rings is 2. The van der Waals surface area contributed by atoms with E-state index in [4.69, 9.17) is 14.2 Å². The van der Waals surface area contributed by atoms with Gasteiger partial charge in [0.2, 0.25) is 0 Å². The minimum absolute atomic E-state index is 0.0389. The van der Waals surface area contributed by atoms with Crippen molar-refractivity contribution in [3.8, 4) is 11.5 Å². The molecule has 6 nitrogen and oxygen atoms in total. The highest BCUT2D eigenvalue weighted by Crippen LogP contribution is 2.21. The molecule has 0 aliphatic carbocycles. The van der Waals surface area contributed by atoms with Gasteiger partial charge in [0.25, 0.3) is 5.91 Å². The fourth-order valence-corrected chi connectivity index (χ4v) is 2.38. The summed E-state index contributed by atoms with van der Waals surface area (Å²) in [4.78, 5) is 24.1. The van der Waals surface area contributed by atoms with E-state index in [9.17, 15) is 9.59 Å². The van der Waals surface area contributed by atoms with Crippen LogP contribution in [0.4, 0.5) is 0 Å². The smallest absolute Gasteiger partial charge is 0.308 e. The van der Waals surface area contributed by atoms with Crippen molar-refractivity contribution in [3.63, 3.8) is 0 Å². The van der Waals surface area contributed by atoms with Gasteiger partial charge in [-0.15, -0.1) is 0 Å². The Morgan fingerprint density at radius 3 is 2.31 bits per heavy atom. The molecule has 138 valence electrons. The summed E-state index contributed by atoms with van der Waals surface area (Å²) in [5.41, 5.74) is 0.784. The van der Waals surface area contributed by atoms with Crippen LogP contribution in [-0.4, -0.2) is 32.2 Å². The molecule has 1 amide bonds. The van der Waals surface area contributed by atoms with Crippen molar-refractivity contribution in [1.29, 1.82) is 0 Å². The Balaban J connectivity index is 2.02. The van der Waals surface area contributed by atoms with Crippen LogP contribution in [0.15, 0.2) is 54.6 Å². The average Bonchev–Trinajstić information content (AvgIpc) is 2.67. The summed E-state index contributed by atoms with van der Waals surface area (Å²) in [6.45, 7) is 1.89. The Kier molecular flexibility index (Phi) is 7.49. The maximum absolute atomic E-state index is 12.2. The lowest BCUT2D eigenvalue weighted by atomic mass is 10.0. The summed E-state index contributed by atoms with van der Waals surface area (Å²) in [6.07, 6.45) is 0.0389. The monoisotopic (exact) mass is 357 g/mol. The highest BCUT2D eigenvalue weighted by Gasteiger charge is 2.19. The Morgan fingerprint density at radius 1 is 1.00 bits per heavy atom. The van der Waals surface area contributed by atoms with Gasteiger partial charge >= 0.3 is 5.97 Å². The molecule has 0 radical (unpaired) electrons. The molecule has 2 aromatic carbocycles. The number of para-hydroxylation sites is 1. The second-order valence-electron chi connectivity index (χ2n) is 5.50. The van der Waals surface area contributed by atoms with Gasteiger partial charge in [-0.1, -0.05) is 30.3 Å². The zero-order valence-corrected chi connectivity index (χ0v) is 14.9. The Bertz CT molecular complexity index is 700. The van der Waals surface area contributed by atoms with Gasteiger partial charge in [-0.05, 0) is 36.8 Å². The molecular formula is C20H23NO5. The molecule has 0 aliphatic rings. The summed E-state index contributed by atoms with van der Waals surface area (Å²) in [6, 6.07) is 15.7. The summed E-state index contributed by atoms with van der Waals surface area (Å²) in [7, 11) is 1.58. The lowest BCUT2D eigenvalue weighted by molar-refractivity contribution is -0.143. The van der Waals surface area contributed by atoms with E-state index >= 15 is 0 Å². The van der Waals surface area contributed by atoms with Crippen LogP contribution in [0.3, 0.4) is 0 Å². The van der Waals surface area contributed by atoms with Crippen LogP contribution in [0.5, 0.6) is 11.5 Å². The highest BCUT2D eigenvalue weighted by molar-refractivity contribution is 5.79. The lowest BCUT2D eigenvalue weighted by Crippen LogP contribution is -2.34.